The van der Waals surface area contributed by atoms with E-state index < -0.39 is 0 Å². The van der Waals surface area contributed by atoms with Crippen LogP contribution in [0.1, 0.15) is 0 Å². The normalized spacial score (nSPS) is 11.4. The molecule has 2 aromatic heterocycles. The van der Waals surface area contributed by atoms with Gasteiger partial charge in [-0.15, -0.1) is 0 Å². The van der Waals surface area contributed by atoms with E-state index in [0.717, 1.165) is 56.0 Å². The van der Waals surface area contributed by atoms with Crippen LogP contribution in [0.4, 0.5) is 0 Å². The summed E-state index contributed by atoms with van der Waals surface area (Å²) in [5.74, 6) is 0. The molecule has 0 aliphatic heterocycles. The maximum absolute atomic E-state index is 4.17. The van der Waals surface area contributed by atoms with E-state index in [0.29, 0.717) is 0 Å². The summed E-state index contributed by atoms with van der Waals surface area (Å²) >= 11 is 2.33. The monoisotopic (exact) mass is 220 g/mol. The van der Waals surface area contributed by atoms with Gasteiger partial charge in [-0.3, -0.25) is 0 Å². The summed E-state index contributed by atoms with van der Waals surface area (Å²) in [7, 11) is 0. The second kappa shape index (κ2) is 2.55. The van der Waals surface area contributed by atoms with E-state index in [-0.39, 0.29) is 0 Å². The maximum Gasteiger partial charge on any atom is 0.114 e. The van der Waals surface area contributed by atoms with Crippen molar-refractivity contribution in [2.24, 2.45) is 0 Å². The first-order valence-corrected chi connectivity index (χ1v) is 5.29. The first kappa shape index (κ1) is 7.95. The van der Waals surface area contributed by atoms with E-state index in [1.165, 1.54) is 0 Å². The molecule has 0 aliphatic carbocycles. The third-order valence-electron chi connectivity index (χ3n) is 2.12. The molecule has 3 rings (SSSR count). The zero-order valence-corrected chi connectivity index (χ0v) is 8.65. The summed E-state index contributed by atoms with van der Waals surface area (Å²) in [5, 5.41) is 1.59. The molecule has 0 atom stereocenters. The Morgan fingerprint density at radius 3 is 1.21 bits per heavy atom. The van der Waals surface area contributed by atoms with E-state index in [2.05, 4.69) is 30.7 Å². The molecule has 0 saturated carbocycles. The van der Waals surface area contributed by atoms with Gasteiger partial charge in [-0.1, -0.05) is 13.2 Å². The Kier molecular flexibility index (Phi) is 1.45. The Labute approximate surface area is 86.9 Å². The zero-order chi connectivity index (χ0) is 9.71. The fourth-order valence-electron chi connectivity index (χ4n) is 1.39. The molecule has 68 valence electrons. The van der Waals surface area contributed by atoms with E-state index in [1.807, 2.05) is 0 Å². The summed E-state index contributed by atoms with van der Waals surface area (Å²) in [4.78, 5) is 0. The number of nitrogens with zero attached hydrogens (tertiary/aromatic N) is 4. The standard InChI is InChI=1S/C8H4N4S2/c1-3-5-7(11-13-9-5)4(2)8-6(3)10-14-12-8/h1-2H2. The molecule has 6 heteroatoms. The van der Waals surface area contributed by atoms with Crippen molar-refractivity contribution in [3.8, 4) is 0 Å². The lowest BCUT2D eigenvalue weighted by molar-refractivity contribution is 1.55. The van der Waals surface area contributed by atoms with Gasteiger partial charge in [-0.2, -0.15) is 17.5 Å². The van der Waals surface area contributed by atoms with Gasteiger partial charge in [-0.25, -0.2) is 0 Å². The molecule has 14 heavy (non-hydrogen) atoms. The van der Waals surface area contributed by atoms with Crippen molar-refractivity contribution in [1.82, 2.24) is 17.5 Å². The van der Waals surface area contributed by atoms with Crippen molar-refractivity contribution in [2.75, 3.05) is 0 Å². The smallest absolute Gasteiger partial charge is 0.114 e. The Morgan fingerprint density at radius 2 is 0.929 bits per heavy atom. The van der Waals surface area contributed by atoms with E-state index in [1.54, 1.807) is 0 Å². The lowest BCUT2D eigenvalue weighted by atomic mass is 10.2. The van der Waals surface area contributed by atoms with Gasteiger partial charge in [0.2, 0.25) is 0 Å². The number of aromatic nitrogens is 4. The van der Waals surface area contributed by atoms with Crippen LogP contribution in [0, 0.1) is 0 Å². The molecular formula is C8H4N4S2. The minimum Gasteiger partial charge on any atom is -0.172 e. The van der Waals surface area contributed by atoms with Crippen LogP contribution in [0.3, 0.4) is 0 Å². The Balaban J connectivity index is 2.88. The summed E-state index contributed by atoms with van der Waals surface area (Å²) < 4.78 is 16.7. The highest BCUT2D eigenvalue weighted by molar-refractivity contribution is 7.00. The zero-order valence-electron chi connectivity index (χ0n) is 7.02. The number of fused-ring (bicyclic) bond motifs is 2. The predicted molar refractivity (Wildman–Crippen MR) is 58.7 cm³/mol. The highest BCUT2D eigenvalue weighted by Gasteiger charge is 2.09. The van der Waals surface area contributed by atoms with E-state index >= 15 is 0 Å². The molecule has 0 spiro atoms. The van der Waals surface area contributed by atoms with Crippen molar-refractivity contribution >= 4 is 58.7 Å². The summed E-state index contributed by atoms with van der Waals surface area (Å²) in [5.41, 5.74) is 3.17. The SMILES string of the molecule is C=c1c2nsnc2c(=C)c2nsnc12. The minimum atomic E-state index is 0.792. The quantitative estimate of drug-likeness (QED) is 0.554. The summed E-state index contributed by atoms with van der Waals surface area (Å²) in [6.45, 7) is 7.89. The molecule has 0 bridgehead atoms. The van der Waals surface area contributed by atoms with Crippen molar-refractivity contribution in [2.45, 2.75) is 0 Å². The van der Waals surface area contributed by atoms with Crippen LogP contribution in [-0.2, 0) is 0 Å². The van der Waals surface area contributed by atoms with Gasteiger partial charge in [0.15, 0.2) is 0 Å². The molecule has 2 heterocycles. The van der Waals surface area contributed by atoms with Gasteiger partial charge >= 0.3 is 0 Å². The molecule has 0 saturated heterocycles. The lowest BCUT2D eigenvalue weighted by Gasteiger charge is -1.90. The predicted octanol–water partition coefficient (Wildman–Crippen LogP) is 0.517. The van der Waals surface area contributed by atoms with Crippen LogP contribution in [0.15, 0.2) is 0 Å². The van der Waals surface area contributed by atoms with Crippen LogP contribution in [-0.4, -0.2) is 17.5 Å². The summed E-state index contributed by atoms with van der Waals surface area (Å²) in [6, 6.07) is 0. The average molecular weight is 220 g/mol. The van der Waals surface area contributed by atoms with Crippen molar-refractivity contribution in [3.05, 3.63) is 10.4 Å². The van der Waals surface area contributed by atoms with Gasteiger partial charge in [0.25, 0.3) is 0 Å². The third kappa shape index (κ3) is 0.816. The molecule has 0 aliphatic rings. The van der Waals surface area contributed by atoms with Crippen LogP contribution in [0.25, 0.3) is 35.2 Å². The highest BCUT2D eigenvalue weighted by Crippen LogP contribution is 2.08. The third-order valence-corrected chi connectivity index (χ3v) is 3.18. The van der Waals surface area contributed by atoms with Gasteiger partial charge in [0.05, 0.1) is 23.5 Å². The number of hydrogen-bond donors (Lipinski definition) is 0. The second-order valence-electron chi connectivity index (χ2n) is 2.88. The first-order chi connectivity index (χ1) is 6.79. The molecule has 4 nitrogen and oxygen atoms in total. The van der Waals surface area contributed by atoms with Crippen molar-refractivity contribution in [3.63, 3.8) is 0 Å². The number of hydrogen-bond acceptors (Lipinski definition) is 6. The van der Waals surface area contributed by atoms with E-state index in [9.17, 15) is 0 Å². The molecule has 0 amide bonds. The molecule has 1 aromatic carbocycles. The Bertz CT molecular complexity index is 610. The van der Waals surface area contributed by atoms with Gasteiger partial charge < -0.3 is 0 Å². The fourth-order valence-corrected chi connectivity index (χ4v) is 2.59. The molecule has 0 unspecified atom stereocenters. The highest BCUT2D eigenvalue weighted by atomic mass is 32.1. The average Bonchev–Trinajstić information content (AvgIpc) is 2.82. The van der Waals surface area contributed by atoms with Crippen molar-refractivity contribution < 1.29 is 0 Å². The molecule has 0 fully saturated rings. The van der Waals surface area contributed by atoms with Crippen LogP contribution in [0.2, 0.25) is 0 Å². The second-order valence-corrected chi connectivity index (χ2v) is 3.94. The van der Waals surface area contributed by atoms with E-state index in [4.69, 9.17) is 0 Å². The molecule has 0 N–H and O–H groups in total. The summed E-state index contributed by atoms with van der Waals surface area (Å²) in [6.07, 6.45) is 0. The molecule has 0 radical (unpaired) electrons. The Morgan fingerprint density at radius 1 is 0.643 bits per heavy atom. The number of benzene rings is 1. The number of rotatable bonds is 0. The molecular weight excluding hydrogens is 216 g/mol. The van der Waals surface area contributed by atoms with Crippen molar-refractivity contribution in [1.29, 1.82) is 0 Å². The molecule has 3 aromatic rings. The largest absolute Gasteiger partial charge is 0.172 e. The topological polar surface area (TPSA) is 51.6 Å². The van der Waals surface area contributed by atoms with Gasteiger partial charge in [0, 0.05) is 10.4 Å². The van der Waals surface area contributed by atoms with Gasteiger partial charge in [-0.05, 0) is 0 Å². The van der Waals surface area contributed by atoms with Crippen LogP contribution < -0.4 is 10.4 Å². The Hall–Kier alpha value is -1.40. The minimum absolute atomic E-state index is 0.792. The fraction of sp³-hybridized carbons (Fsp3) is 0. The first-order valence-electron chi connectivity index (χ1n) is 3.83. The lowest BCUT2D eigenvalue weighted by Crippen LogP contribution is -2.12. The maximum atomic E-state index is 4.17. The van der Waals surface area contributed by atoms with Crippen LogP contribution in [0.5, 0.6) is 0 Å². The van der Waals surface area contributed by atoms with Crippen LogP contribution >= 0.6 is 23.5 Å². The van der Waals surface area contributed by atoms with Gasteiger partial charge in [0.1, 0.15) is 22.1 Å².